The van der Waals surface area contributed by atoms with Crippen molar-refractivity contribution in [2.75, 3.05) is 26.6 Å². The molecule has 0 spiro atoms. The standard InChI is InChI=1S/C15H17N3O5S.ClH/c1-21-11-5-8(15(20)23-3)4-9(13(11)22-2)18-14(19)10-7-24-12(6-16)17-10;/h4-5,7H,6,16H2,1-3H3,(H,18,19);1H. The molecule has 0 aliphatic rings. The average molecular weight is 388 g/mol. The van der Waals surface area contributed by atoms with Crippen molar-refractivity contribution < 1.29 is 23.8 Å². The van der Waals surface area contributed by atoms with Gasteiger partial charge >= 0.3 is 5.97 Å². The first-order valence-electron chi connectivity index (χ1n) is 6.84. The first-order chi connectivity index (χ1) is 11.5. The summed E-state index contributed by atoms with van der Waals surface area (Å²) < 4.78 is 15.2. The fraction of sp³-hybridized carbons (Fsp3) is 0.267. The molecule has 0 saturated carbocycles. The lowest BCUT2D eigenvalue weighted by atomic mass is 10.1. The Kier molecular flexibility index (Phi) is 7.62. The third kappa shape index (κ3) is 4.59. The number of rotatable bonds is 6. The van der Waals surface area contributed by atoms with Crippen molar-refractivity contribution in [3.8, 4) is 11.5 Å². The Labute approximate surface area is 154 Å². The van der Waals surface area contributed by atoms with Gasteiger partial charge in [0.2, 0.25) is 0 Å². The molecule has 0 aliphatic heterocycles. The van der Waals surface area contributed by atoms with Gasteiger partial charge in [-0.05, 0) is 12.1 Å². The van der Waals surface area contributed by atoms with Gasteiger partial charge in [0.05, 0.1) is 32.6 Å². The van der Waals surface area contributed by atoms with Gasteiger partial charge in [-0.25, -0.2) is 9.78 Å². The fourth-order valence-corrected chi connectivity index (χ4v) is 2.64. The van der Waals surface area contributed by atoms with Crippen molar-refractivity contribution in [2.24, 2.45) is 5.73 Å². The number of thiazole rings is 1. The van der Waals surface area contributed by atoms with Gasteiger partial charge in [-0.3, -0.25) is 4.79 Å². The third-order valence-corrected chi connectivity index (χ3v) is 3.98. The van der Waals surface area contributed by atoms with Gasteiger partial charge in [0.1, 0.15) is 10.7 Å². The van der Waals surface area contributed by atoms with Crippen LogP contribution in [0.15, 0.2) is 17.5 Å². The second-order valence-electron chi connectivity index (χ2n) is 4.54. The molecule has 2 rings (SSSR count). The quantitative estimate of drug-likeness (QED) is 0.729. The Morgan fingerprint density at radius 2 is 1.96 bits per heavy atom. The number of carbonyl (C=O) groups is 2. The number of nitrogens with zero attached hydrogens (tertiary/aromatic N) is 1. The maximum absolute atomic E-state index is 12.3. The number of aromatic nitrogens is 1. The van der Waals surface area contributed by atoms with Crippen LogP contribution in [0.25, 0.3) is 0 Å². The van der Waals surface area contributed by atoms with Crippen LogP contribution in [-0.4, -0.2) is 38.2 Å². The van der Waals surface area contributed by atoms with E-state index >= 15 is 0 Å². The van der Waals surface area contributed by atoms with Gasteiger partial charge in [0, 0.05) is 11.9 Å². The van der Waals surface area contributed by atoms with E-state index in [9.17, 15) is 9.59 Å². The normalized spacial score (nSPS) is 9.76. The van der Waals surface area contributed by atoms with Crippen LogP contribution in [0.1, 0.15) is 25.9 Å². The van der Waals surface area contributed by atoms with Crippen LogP contribution in [0, 0.1) is 0 Å². The number of anilines is 1. The number of carbonyl (C=O) groups excluding carboxylic acids is 2. The molecule has 0 atom stereocenters. The zero-order valence-corrected chi connectivity index (χ0v) is 15.5. The highest BCUT2D eigenvalue weighted by atomic mass is 35.5. The van der Waals surface area contributed by atoms with E-state index in [1.165, 1.54) is 44.8 Å². The van der Waals surface area contributed by atoms with Crippen LogP contribution in [0.2, 0.25) is 0 Å². The third-order valence-electron chi connectivity index (χ3n) is 3.11. The SMILES string of the molecule is COC(=O)c1cc(NC(=O)c2csc(CN)n2)c(OC)c(OC)c1.Cl. The Morgan fingerprint density at radius 3 is 2.48 bits per heavy atom. The maximum Gasteiger partial charge on any atom is 0.338 e. The van der Waals surface area contributed by atoms with E-state index < -0.39 is 11.9 Å². The molecule has 8 nitrogen and oxygen atoms in total. The molecular formula is C15H18ClN3O5S. The first-order valence-corrected chi connectivity index (χ1v) is 7.72. The number of esters is 1. The van der Waals surface area contributed by atoms with Crippen LogP contribution in [0.3, 0.4) is 0 Å². The number of halogens is 1. The fourth-order valence-electron chi connectivity index (χ4n) is 1.99. The van der Waals surface area contributed by atoms with E-state index in [0.717, 1.165) is 0 Å². The molecule has 2 aromatic rings. The monoisotopic (exact) mass is 387 g/mol. The minimum atomic E-state index is -0.564. The molecule has 0 unspecified atom stereocenters. The lowest BCUT2D eigenvalue weighted by molar-refractivity contribution is 0.0600. The second kappa shape index (κ2) is 9.21. The summed E-state index contributed by atoms with van der Waals surface area (Å²) in [6.07, 6.45) is 0. The zero-order valence-electron chi connectivity index (χ0n) is 13.8. The summed E-state index contributed by atoms with van der Waals surface area (Å²) in [7, 11) is 4.13. The van der Waals surface area contributed by atoms with Gasteiger partial charge in [0.15, 0.2) is 11.5 Å². The zero-order chi connectivity index (χ0) is 17.7. The Bertz CT molecular complexity index is 766. The first kappa shape index (κ1) is 20.7. The molecule has 0 radical (unpaired) electrons. The molecule has 10 heteroatoms. The Morgan fingerprint density at radius 1 is 1.24 bits per heavy atom. The smallest absolute Gasteiger partial charge is 0.338 e. The molecule has 3 N–H and O–H groups in total. The van der Waals surface area contributed by atoms with Crippen molar-refractivity contribution >= 4 is 41.3 Å². The summed E-state index contributed by atoms with van der Waals surface area (Å²) in [5.41, 5.74) is 6.21. The summed E-state index contributed by atoms with van der Waals surface area (Å²) in [6, 6.07) is 2.91. The molecule has 1 amide bonds. The van der Waals surface area contributed by atoms with Crippen LogP contribution < -0.4 is 20.5 Å². The van der Waals surface area contributed by atoms with E-state index in [-0.39, 0.29) is 47.4 Å². The molecule has 0 fully saturated rings. The van der Waals surface area contributed by atoms with Gasteiger partial charge in [-0.1, -0.05) is 0 Å². The van der Waals surface area contributed by atoms with Crippen molar-refractivity contribution in [2.45, 2.75) is 6.54 Å². The van der Waals surface area contributed by atoms with Crippen LogP contribution in [-0.2, 0) is 11.3 Å². The minimum absolute atomic E-state index is 0. The number of ether oxygens (including phenoxy) is 3. The van der Waals surface area contributed by atoms with Crippen molar-refractivity contribution in [3.63, 3.8) is 0 Å². The maximum atomic E-state index is 12.3. The van der Waals surface area contributed by atoms with Crippen LogP contribution in [0.5, 0.6) is 11.5 Å². The largest absolute Gasteiger partial charge is 0.493 e. The summed E-state index contributed by atoms with van der Waals surface area (Å²) in [4.78, 5) is 28.2. The molecular weight excluding hydrogens is 370 g/mol. The summed E-state index contributed by atoms with van der Waals surface area (Å²) in [6.45, 7) is 0.257. The lowest BCUT2D eigenvalue weighted by Gasteiger charge is -2.14. The van der Waals surface area contributed by atoms with Gasteiger partial charge < -0.3 is 25.3 Å². The van der Waals surface area contributed by atoms with E-state index in [2.05, 4.69) is 10.3 Å². The molecule has 136 valence electrons. The molecule has 0 saturated heterocycles. The van der Waals surface area contributed by atoms with Crippen molar-refractivity contribution in [1.29, 1.82) is 0 Å². The van der Waals surface area contributed by atoms with E-state index in [4.69, 9.17) is 19.9 Å². The number of nitrogens with one attached hydrogen (secondary N) is 1. The number of benzene rings is 1. The highest BCUT2D eigenvalue weighted by Crippen LogP contribution is 2.37. The predicted molar refractivity (Wildman–Crippen MR) is 96.1 cm³/mol. The number of amides is 1. The van der Waals surface area contributed by atoms with Gasteiger partial charge in [0.25, 0.3) is 5.91 Å². The van der Waals surface area contributed by atoms with Gasteiger partial charge in [-0.2, -0.15) is 0 Å². The average Bonchev–Trinajstić information content (AvgIpc) is 3.09. The van der Waals surface area contributed by atoms with E-state index in [1.54, 1.807) is 5.38 Å². The number of hydrogen-bond donors (Lipinski definition) is 2. The summed E-state index contributed by atoms with van der Waals surface area (Å²) >= 11 is 1.29. The molecule has 1 aromatic carbocycles. The topological polar surface area (TPSA) is 113 Å². The minimum Gasteiger partial charge on any atom is -0.493 e. The molecule has 1 aromatic heterocycles. The molecule has 0 bridgehead atoms. The van der Waals surface area contributed by atoms with Crippen LogP contribution in [0.4, 0.5) is 5.69 Å². The van der Waals surface area contributed by atoms with E-state index in [1.807, 2.05) is 0 Å². The molecule has 25 heavy (non-hydrogen) atoms. The van der Waals surface area contributed by atoms with Crippen molar-refractivity contribution in [1.82, 2.24) is 4.98 Å². The van der Waals surface area contributed by atoms with Crippen molar-refractivity contribution in [3.05, 3.63) is 33.8 Å². The number of methoxy groups -OCH3 is 3. The van der Waals surface area contributed by atoms with E-state index in [0.29, 0.717) is 5.01 Å². The summed E-state index contributed by atoms with van der Waals surface area (Å²) in [5.74, 6) is -0.441. The van der Waals surface area contributed by atoms with Gasteiger partial charge in [-0.15, -0.1) is 23.7 Å². The van der Waals surface area contributed by atoms with Crippen LogP contribution >= 0.6 is 23.7 Å². The Hall–Kier alpha value is -2.36. The highest BCUT2D eigenvalue weighted by Gasteiger charge is 2.19. The number of hydrogen-bond acceptors (Lipinski definition) is 8. The highest BCUT2D eigenvalue weighted by molar-refractivity contribution is 7.09. The molecule has 1 heterocycles. The Balaban J connectivity index is 0.00000312. The molecule has 0 aliphatic carbocycles. The summed E-state index contributed by atoms with van der Waals surface area (Å²) in [5, 5.41) is 4.91. The number of nitrogens with two attached hydrogens (primary N) is 1. The lowest BCUT2D eigenvalue weighted by Crippen LogP contribution is -2.15. The second-order valence-corrected chi connectivity index (χ2v) is 5.48. The predicted octanol–water partition coefficient (Wildman–Crippen LogP) is 2.08.